The second kappa shape index (κ2) is 7.27. The Labute approximate surface area is 128 Å². The number of nitrogens with one attached hydrogen (secondary N) is 1. The van der Waals surface area contributed by atoms with Crippen molar-refractivity contribution < 1.29 is 8.42 Å². The molecule has 1 saturated heterocycles. The first-order valence-corrected chi connectivity index (χ1v) is 9.44. The van der Waals surface area contributed by atoms with Crippen LogP contribution in [0.3, 0.4) is 0 Å². The molecule has 4 nitrogen and oxygen atoms in total. The molecule has 0 aromatic heterocycles. The molecule has 1 aromatic carbocycles. The van der Waals surface area contributed by atoms with Gasteiger partial charge >= 0.3 is 0 Å². The van der Waals surface area contributed by atoms with Gasteiger partial charge < -0.3 is 5.32 Å². The molecule has 0 aliphatic carbocycles. The van der Waals surface area contributed by atoms with Crippen molar-refractivity contribution in [2.75, 3.05) is 23.1 Å². The van der Waals surface area contributed by atoms with Crippen molar-refractivity contribution in [1.82, 2.24) is 5.32 Å². The van der Waals surface area contributed by atoms with Crippen LogP contribution in [-0.4, -0.2) is 33.3 Å². The SMILES string of the molecule is CCN(c1cccc(C)c1)S(=O)(=O)CCC1CCCCN1. The fourth-order valence-corrected chi connectivity index (χ4v) is 4.53. The Kier molecular flexibility index (Phi) is 5.65. The van der Waals surface area contributed by atoms with Gasteiger partial charge in [0.05, 0.1) is 11.4 Å². The van der Waals surface area contributed by atoms with Crippen molar-refractivity contribution >= 4 is 15.7 Å². The molecule has 0 radical (unpaired) electrons. The van der Waals surface area contributed by atoms with E-state index in [-0.39, 0.29) is 5.75 Å². The Morgan fingerprint density at radius 2 is 2.14 bits per heavy atom. The van der Waals surface area contributed by atoms with Crippen LogP contribution in [0.25, 0.3) is 0 Å². The number of piperidine rings is 1. The first-order chi connectivity index (χ1) is 10.0. The molecule has 1 fully saturated rings. The van der Waals surface area contributed by atoms with Crippen LogP contribution in [0.4, 0.5) is 5.69 Å². The van der Waals surface area contributed by atoms with E-state index in [2.05, 4.69) is 5.32 Å². The summed E-state index contributed by atoms with van der Waals surface area (Å²) in [5.41, 5.74) is 1.85. The molecule has 1 unspecified atom stereocenters. The van der Waals surface area contributed by atoms with Crippen molar-refractivity contribution in [1.29, 1.82) is 0 Å². The standard InChI is InChI=1S/C16H26N2O2S/c1-3-18(16-9-6-7-14(2)13-16)21(19,20)12-10-15-8-4-5-11-17-15/h6-7,9,13,15,17H,3-5,8,10-12H2,1-2H3. The average molecular weight is 310 g/mol. The Hall–Kier alpha value is -1.07. The monoisotopic (exact) mass is 310 g/mol. The molecule has 1 atom stereocenters. The van der Waals surface area contributed by atoms with Crippen molar-refractivity contribution in [3.05, 3.63) is 29.8 Å². The lowest BCUT2D eigenvalue weighted by Gasteiger charge is -2.26. The lowest BCUT2D eigenvalue weighted by atomic mass is 10.0. The van der Waals surface area contributed by atoms with Gasteiger partial charge in [-0.15, -0.1) is 0 Å². The van der Waals surface area contributed by atoms with E-state index in [0.29, 0.717) is 19.0 Å². The van der Waals surface area contributed by atoms with E-state index in [1.54, 1.807) is 0 Å². The van der Waals surface area contributed by atoms with Gasteiger partial charge in [0.15, 0.2) is 0 Å². The topological polar surface area (TPSA) is 49.4 Å². The van der Waals surface area contributed by atoms with Crippen LogP contribution in [0.1, 0.15) is 38.2 Å². The fraction of sp³-hybridized carbons (Fsp3) is 0.625. The summed E-state index contributed by atoms with van der Waals surface area (Å²) in [6, 6.07) is 8.04. The average Bonchev–Trinajstić information content (AvgIpc) is 2.47. The predicted octanol–water partition coefficient (Wildman–Crippen LogP) is 2.68. The number of sulfonamides is 1. The minimum Gasteiger partial charge on any atom is -0.314 e. The summed E-state index contributed by atoms with van der Waals surface area (Å²) >= 11 is 0. The number of benzene rings is 1. The van der Waals surface area contributed by atoms with Gasteiger partial charge in [-0.2, -0.15) is 0 Å². The summed E-state index contributed by atoms with van der Waals surface area (Å²) in [6.07, 6.45) is 4.19. The smallest absolute Gasteiger partial charge is 0.235 e. The lowest BCUT2D eigenvalue weighted by molar-refractivity contribution is 0.392. The minimum absolute atomic E-state index is 0.215. The molecular formula is C16H26N2O2S. The number of rotatable bonds is 6. The van der Waals surface area contributed by atoms with E-state index >= 15 is 0 Å². The molecule has 21 heavy (non-hydrogen) atoms. The molecule has 0 amide bonds. The van der Waals surface area contributed by atoms with E-state index < -0.39 is 10.0 Å². The number of hydrogen-bond donors (Lipinski definition) is 1. The van der Waals surface area contributed by atoms with Gasteiger partial charge in [0.2, 0.25) is 10.0 Å². The second-order valence-electron chi connectivity index (χ2n) is 5.76. The van der Waals surface area contributed by atoms with Crippen LogP contribution < -0.4 is 9.62 Å². The molecular weight excluding hydrogens is 284 g/mol. The van der Waals surface area contributed by atoms with E-state index in [1.807, 2.05) is 38.1 Å². The number of nitrogens with zero attached hydrogens (tertiary/aromatic N) is 1. The normalized spacial score (nSPS) is 19.4. The van der Waals surface area contributed by atoms with Crippen molar-refractivity contribution in [2.45, 2.75) is 45.6 Å². The molecule has 118 valence electrons. The van der Waals surface area contributed by atoms with E-state index in [9.17, 15) is 8.42 Å². The highest BCUT2D eigenvalue weighted by Gasteiger charge is 2.23. The van der Waals surface area contributed by atoms with Crippen LogP contribution in [0.2, 0.25) is 0 Å². The second-order valence-corrected chi connectivity index (χ2v) is 7.77. The highest BCUT2D eigenvalue weighted by atomic mass is 32.2. The molecule has 1 aliphatic rings. The van der Waals surface area contributed by atoms with Crippen molar-refractivity contribution in [2.24, 2.45) is 0 Å². The third-order valence-electron chi connectivity index (χ3n) is 4.05. The quantitative estimate of drug-likeness (QED) is 0.879. The first-order valence-electron chi connectivity index (χ1n) is 7.83. The van der Waals surface area contributed by atoms with Crippen molar-refractivity contribution in [3.63, 3.8) is 0 Å². The maximum absolute atomic E-state index is 12.6. The molecule has 1 heterocycles. The largest absolute Gasteiger partial charge is 0.314 e. The number of aryl methyl sites for hydroxylation is 1. The zero-order valence-electron chi connectivity index (χ0n) is 13.0. The third-order valence-corrected chi connectivity index (χ3v) is 5.94. The molecule has 1 aliphatic heterocycles. The maximum Gasteiger partial charge on any atom is 0.235 e. The molecule has 1 N–H and O–H groups in total. The summed E-state index contributed by atoms with van der Waals surface area (Å²) in [5, 5.41) is 3.41. The summed E-state index contributed by atoms with van der Waals surface area (Å²) in [4.78, 5) is 0. The van der Waals surface area contributed by atoms with Crippen LogP contribution in [0.15, 0.2) is 24.3 Å². The van der Waals surface area contributed by atoms with Crippen molar-refractivity contribution in [3.8, 4) is 0 Å². The molecule has 5 heteroatoms. The van der Waals surface area contributed by atoms with Crippen LogP contribution in [-0.2, 0) is 10.0 Å². The third kappa shape index (κ3) is 4.45. The van der Waals surface area contributed by atoms with Gasteiger partial charge in [0.25, 0.3) is 0 Å². The number of hydrogen-bond acceptors (Lipinski definition) is 3. The van der Waals surface area contributed by atoms with E-state index in [0.717, 1.165) is 24.2 Å². The van der Waals surface area contributed by atoms with Crippen LogP contribution >= 0.6 is 0 Å². The van der Waals surface area contributed by atoms with Gasteiger partial charge in [-0.3, -0.25) is 4.31 Å². The summed E-state index contributed by atoms with van der Waals surface area (Å²) < 4.78 is 26.8. The van der Waals surface area contributed by atoms with E-state index in [4.69, 9.17) is 0 Å². The van der Waals surface area contributed by atoms with Gasteiger partial charge in [-0.1, -0.05) is 18.6 Å². The Bertz CT molecular complexity index is 551. The van der Waals surface area contributed by atoms with Crippen LogP contribution in [0.5, 0.6) is 0 Å². The lowest BCUT2D eigenvalue weighted by Crippen LogP contribution is -2.38. The van der Waals surface area contributed by atoms with Gasteiger partial charge in [0, 0.05) is 12.6 Å². The highest BCUT2D eigenvalue weighted by molar-refractivity contribution is 7.92. The zero-order chi connectivity index (χ0) is 15.3. The maximum atomic E-state index is 12.6. The molecule has 0 saturated carbocycles. The molecule has 0 spiro atoms. The zero-order valence-corrected chi connectivity index (χ0v) is 13.8. The predicted molar refractivity (Wildman–Crippen MR) is 88.2 cm³/mol. The summed E-state index contributed by atoms with van der Waals surface area (Å²) in [6.45, 7) is 5.36. The number of anilines is 1. The molecule has 1 aromatic rings. The first kappa shape index (κ1) is 16.3. The summed E-state index contributed by atoms with van der Waals surface area (Å²) in [7, 11) is -3.25. The van der Waals surface area contributed by atoms with E-state index in [1.165, 1.54) is 17.1 Å². The summed E-state index contributed by atoms with van der Waals surface area (Å²) in [5.74, 6) is 0.215. The Morgan fingerprint density at radius 3 is 2.76 bits per heavy atom. The van der Waals surface area contributed by atoms with Gasteiger partial charge in [-0.05, 0) is 57.4 Å². The van der Waals surface area contributed by atoms with Crippen LogP contribution in [0, 0.1) is 6.92 Å². The van der Waals surface area contributed by atoms with Gasteiger partial charge in [0.1, 0.15) is 0 Å². The Balaban J connectivity index is 2.05. The fourth-order valence-electron chi connectivity index (χ4n) is 2.89. The highest BCUT2D eigenvalue weighted by Crippen LogP contribution is 2.21. The molecule has 0 bridgehead atoms. The van der Waals surface area contributed by atoms with Gasteiger partial charge in [-0.25, -0.2) is 8.42 Å². The molecule has 2 rings (SSSR count). The Morgan fingerprint density at radius 1 is 1.33 bits per heavy atom. The minimum atomic E-state index is -3.25.